The highest BCUT2D eigenvalue weighted by Gasteiger charge is 2.26. The summed E-state index contributed by atoms with van der Waals surface area (Å²) in [6.45, 7) is 2.74. The van der Waals surface area contributed by atoms with Gasteiger partial charge in [-0.05, 0) is 74.5 Å². The van der Waals surface area contributed by atoms with Crippen LogP contribution in [0.3, 0.4) is 0 Å². The van der Waals surface area contributed by atoms with Gasteiger partial charge in [-0.1, -0.05) is 30.3 Å². The lowest BCUT2D eigenvalue weighted by atomic mass is 9.78. The first-order chi connectivity index (χ1) is 14.8. The Hall–Kier alpha value is -2.62. The maximum Gasteiger partial charge on any atom is 0.257 e. The van der Waals surface area contributed by atoms with Gasteiger partial charge in [0.15, 0.2) is 0 Å². The lowest BCUT2D eigenvalue weighted by Gasteiger charge is -2.29. The number of carbonyl (C=O) groups is 1. The summed E-state index contributed by atoms with van der Waals surface area (Å²) in [4.78, 5) is 19.8. The van der Waals surface area contributed by atoms with E-state index in [1.807, 2.05) is 17.2 Å². The molecule has 5 rings (SSSR count). The van der Waals surface area contributed by atoms with Gasteiger partial charge in [0.1, 0.15) is 5.52 Å². The van der Waals surface area contributed by atoms with E-state index in [1.54, 1.807) is 0 Å². The molecule has 1 aliphatic heterocycles. The van der Waals surface area contributed by atoms with Crippen molar-refractivity contribution in [3.8, 4) is 0 Å². The van der Waals surface area contributed by atoms with Crippen molar-refractivity contribution in [1.29, 1.82) is 0 Å². The predicted octanol–water partition coefficient (Wildman–Crippen LogP) is 5.64. The summed E-state index contributed by atoms with van der Waals surface area (Å²) >= 11 is 0. The van der Waals surface area contributed by atoms with Crippen LogP contribution in [0.25, 0.3) is 11.0 Å². The predicted molar refractivity (Wildman–Crippen MR) is 121 cm³/mol. The molecule has 30 heavy (non-hydrogen) atoms. The fourth-order valence-electron chi connectivity index (χ4n) is 5.38. The number of rotatable bonds is 4. The van der Waals surface area contributed by atoms with E-state index in [2.05, 4.69) is 52.1 Å². The van der Waals surface area contributed by atoms with Crippen molar-refractivity contribution in [2.24, 2.45) is 5.92 Å². The average Bonchev–Trinajstić information content (AvgIpc) is 3.19. The molecule has 156 valence electrons. The third-order valence-corrected chi connectivity index (χ3v) is 7.08. The Labute approximate surface area is 178 Å². The summed E-state index contributed by atoms with van der Waals surface area (Å²) in [5, 5.41) is 0. The van der Waals surface area contributed by atoms with Crippen molar-refractivity contribution in [2.75, 3.05) is 13.1 Å². The largest absolute Gasteiger partial charge is 0.345 e. The molecule has 3 aromatic rings. The zero-order chi connectivity index (χ0) is 20.3. The van der Waals surface area contributed by atoms with Gasteiger partial charge in [0, 0.05) is 32.0 Å². The van der Waals surface area contributed by atoms with Crippen LogP contribution in [0.5, 0.6) is 0 Å². The van der Waals surface area contributed by atoms with Gasteiger partial charge in [-0.3, -0.25) is 9.78 Å². The zero-order valence-electron chi connectivity index (χ0n) is 17.7. The van der Waals surface area contributed by atoms with Crippen LogP contribution < -0.4 is 0 Å². The van der Waals surface area contributed by atoms with Gasteiger partial charge >= 0.3 is 0 Å². The molecule has 1 saturated carbocycles. The zero-order valence-corrected chi connectivity index (χ0v) is 17.7. The number of fused-ring (bicyclic) bond motifs is 1. The fraction of sp³-hybridized carbons (Fsp3) is 0.462. The molecule has 1 aromatic carbocycles. The number of amides is 1. The maximum atomic E-state index is 13.2. The molecule has 4 nitrogen and oxygen atoms in total. The second-order valence-electron chi connectivity index (χ2n) is 9.05. The van der Waals surface area contributed by atoms with E-state index in [1.165, 1.54) is 37.7 Å². The van der Waals surface area contributed by atoms with Gasteiger partial charge in [-0.15, -0.1) is 0 Å². The molecule has 2 aliphatic rings. The van der Waals surface area contributed by atoms with E-state index in [4.69, 9.17) is 0 Å². The lowest BCUT2D eigenvalue weighted by molar-refractivity contribution is 0.0726. The number of pyridine rings is 1. The Balaban J connectivity index is 1.32. The molecule has 1 amide bonds. The molecule has 2 fully saturated rings. The van der Waals surface area contributed by atoms with Crippen LogP contribution in [0, 0.1) is 5.92 Å². The van der Waals surface area contributed by atoms with E-state index in [0.717, 1.165) is 49.1 Å². The van der Waals surface area contributed by atoms with Crippen molar-refractivity contribution >= 4 is 16.9 Å². The molecule has 0 unspecified atom stereocenters. The van der Waals surface area contributed by atoms with Gasteiger partial charge in [0.05, 0.1) is 11.1 Å². The third-order valence-electron chi connectivity index (χ3n) is 7.08. The van der Waals surface area contributed by atoms with Gasteiger partial charge in [0.25, 0.3) is 5.91 Å². The average molecular weight is 402 g/mol. The monoisotopic (exact) mass is 401 g/mol. The summed E-state index contributed by atoms with van der Waals surface area (Å²) in [5.74, 6) is 1.52. The quantitative estimate of drug-likeness (QED) is 0.568. The van der Waals surface area contributed by atoms with Crippen molar-refractivity contribution in [3.05, 3.63) is 66.0 Å². The number of nitrogens with zero attached hydrogens (tertiary/aromatic N) is 3. The molecule has 3 heterocycles. The van der Waals surface area contributed by atoms with E-state index < -0.39 is 0 Å². The van der Waals surface area contributed by atoms with Gasteiger partial charge in [-0.2, -0.15) is 0 Å². The minimum Gasteiger partial charge on any atom is -0.345 e. The minimum atomic E-state index is 0.157. The van der Waals surface area contributed by atoms with E-state index in [0.29, 0.717) is 11.8 Å². The van der Waals surface area contributed by atoms with Crippen LogP contribution in [0.1, 0.15) is 66.8 Å². The molecule has 0 bridgehead atoms. The molecule has 0 spiro atoms. The Morgan fingerprint density at radius 3 is 2.47 bits per heavy atom. The smallest absolute Gasteiger partial charge is 0.257 e. The SMILES string of the molecule is O=C(c1cn(CC2CCC(c3ccccc3)CC2)c2cccnc12)N1CCCCC1. The highest BCUT2D eigenvalue weighted by atomic mass is 16.2. The van der Waals surface area contributed by atoms with Crippen LogP contribution in [-0.2, 0) is 6.54 Å². The second kappa shape index (κ2) is 8.63. The molecule has 1 aliphatic carbocycles. The maximum absolute atomic E-state index is 13.2. The Morgan fingerprint density at radius 2 is 1.70 bits per heavy atom. The number of hydrogen-bond acceptors (Lipinski definition) is 2. The molecule has 1 saturated heterocycles. The van der Waals surface area contributed by atoms with Crippen molar-refractivity contribution < 1.29 is 4.79 Å². The van der Waals surface area contributed by atoms with Crippen molar-refractivity contribution in [2.45, 2.75) is 57.4 Å². The number of carbonyl (C=O) groups excluding carboxylic acids is 1. The van der Waals surface area contributed by atoms with Crippen LogP contribution >= 0.6 is 0 Å². The molecular formula is C26H31N3O. The van der Waals surface area contributed by atoms with Crippen molar-refractivity contribution in [1.82, 2.24) is 14.5 Å². The number of likely N-dealkylation sites (tertiary alicyclic amines) is 1. The molecular weight excluding hydrogens is 370 g/mol. The Bertz CT molecular complexity index is 996. The highest BCUT2D eigenvalue weighted by molar-refractivity contribution is 6.05. The normalized spacial score (nSPS) is 22.3. The first-order valence-corrected chi connectivity index (χ1v) is 11.6. The van der Waals surface area contributed by atoms with Gasteiger partial charge in [0.2, 0.25) is 0 Å². The van der Waals surface area contributed by atoms with E-state index >= 15 is 0 Å². The molecule has 4 heteroatoms. The number of aromatic nitrogens is 2. The third kappa shape index (κ3) is 3.88. The second-order valence-corrected chi connectivity index (χ2v) is 9.05. The Morgan fingerprint density at radius 1 is 0.933 bits per heavy atom. The topological polar surface area (TPSA) is 38.1 Å². The van der Waals surface area contributed by atoms with E-state index in [9.17, 15) is 4.79 Å². The fourth-order valence-corrected chi connectivity index (χ4v) is 5.38. The van der Waals surface area contributed by atoms with Crippen LogP contribution in [-0.4, -0.2) is 33.4 Å². The number of hydrogen-bond donors (Lipinski definition) is 0. The summed E-state index contributed by atoms with van der Waals surface area (Å²) in [6.07, 6.45) is 12.4. The standard InChI is InChI=1S/C26H31N3O/c30-26(28-16-5-2-6-17-28)23-19-29(24-10-7-15-27-25(23)24)18-20-11-13-22(14-12-20)21-8-3-1-4-9-21/h1,3-4,7-10,15,19-20,22H,2,5-6,11-14,16-18H2. The highest BCUT2D eigenvalue weighted by Crippen LogP contribution is 2.37. The number of benzene rings is 1. The first-order valence-electron chi connectivity index (χ1n) is 11.6. The summed E-state index contributed by atoms with van der Waals surface area (Å²) in [5.41, 5.74) is 4.24. The summed E-state index contributed by atoms with van der Waals surface area (Å²) in [7, 11) is 0. The molecule has 0 N–H and O–H groups in total. The summed E-state index contributed by atoms with van der Waals surface area (Å²) in [6, 6.07) is 15.1. The van der Waals surface area contributed by atoms with Crippen LogP contribution in [0.15, 0.2) is 54.9 Å². The first kappa shape index (κ1) is 19.3. The molecule has 0 atom stereocenters. The number of piperidine rings is 1. The minimum absolute atomic E-state index is 0.157. The van der Waals surface area contributed by atoms with Gasteiger partial charge in [-0.25, -0.2) is 0 Å². The molecule has 2 aromatic heterocycles. The van der Waals surface area contributed by atoms with Gasteiger partial charge < -0.3 is 9.47 Å². The summed E-state index contributed by atoms with van der Waals surface area (Å²) < 4.78 is 2.30. The van der Waals surface area contributed by atoms with E-state index in [-0.39, 0.29) is 5.91 Å². The van der Waals surface area contributed by atoms with Crippen molar-refractivity contribution in [3.63, 3.8) is 0 Å². The molecule has 0 radical (unpaired) electrons. The van der Waals surface area contributed by atoms with Crippen LogP contribution in [0.2, 0.25) is 0 Å². The Kier molecular flexibility index (Phi) is 5.56. The lowest BCUT2D eigenvalue weighted by Crippen LogP contribution is -2.35. The van der Waals surface area contributed by atoms with Crippen LogP contribution in [0.4, 0.5) is 0 Å².